The standard InChI is InChI=1S/C10H14O3S/c1-9(7-8-14(11,12)13)10-5-3-2-4-6-10/h2-6,9H,7-8H2,1H3,(H,11,12,13)/p-1. The van der Waals surface area contributed by atoms with Crippen molar-refractivity contribution < 1.29 is 13.0 Å². The highest BCUT2D eigenvalue weighted by atomic mass is 32.2. The van der Waals surface area contributed by atoms with Gasteiger partial charge >= 0.3 is 0 Å². The Labute approximate surface area is 84.5 Å². The zero-order chi connectivity index (χ0) is 10.6. The molecular weight excluding hydrogens is 200 g/mol. The summed E-state index contributed by atoms with van der Waals surface area (Å²) in [6.07, 6.45) is 0.385. The summed E-state index contributed by atoms with van der Waals surface area (Å²) < 4.78 is 31.2. The van der Waals surface area contributed by atoms with E-state index in [1.165, 1.54) is 0 Å². The molecule has 0 aromatic heterocycles. The van der Waals surface area contributed by atoms with Gasteiger partial charge in [0.1, 0.15) is 0 Å². The van der Waals surface area contributed by atoms with Gasteiger partial charge in [0, 0.05) is 5.75 Å². The van der Waals surface area contributed by atoms with Crippen LogP contribution in [0.5, 0.6) is 0 Å². The van der Waals surface area contributed by atoms with Crippen molar-refractivity contribution >= 4 is 10.1 Å². The summed E-state index contributed by atoms with van der Waals surface area (Å²) in [6.45, 7) is 1.92. The van der Waals surface area contributed by atoms with Crippen molar-refractivity contribution in [2.75, 3.05) is 5.75 Å². The van der Waals surface area contributed by atoms with E-state index in [0.29, 0.717) is 6.42 Å². The van der Waals surface area contributed by atoms with E-state index in [4.69, 9.17) is 0 Å². The van der Waals surface area contributed by atoms with Crippen LogP contribution in [0.2, 0.25) is 0 Å². The van der Waals surface area contributed by atoms with Crippen molar-refractivity contribution in [1.82, 2.24) is 0 Å². The van der Waals surface area contributed by atoms with Crippen molar-refractivity contribution in [2.45, 2.75) is 19.3 Å². The molecule has 1 atom stereocenters. The highest BCUT2D eigenvalue weighted by molar-refractivity contribution is 7.85. The van der Waals surface area contributed by atoms with E-state index in [-0.39, 0.29) is 11.7 Å². The summed E-state index contributed by atoms with van der Waals surface area (Å²) in [5.74, 6) is -0.178. The molecule has 1 aromatic rings. The molecule has 0 amide bonds. The molecule has 0 saturated heterocycles. The third-order valence-electron chi connectivity index (χ3n) is 2.17. The molecule has 3 nitrogen and oxygen atoms in total. The Morgan fingerprint density at radius 2 is 1.86 bits per heavy atom. The van der Waals surface area contributed by atoms with Gasteiger partial charge in [-0.25, -0.2) is 8.42 Å². The van der Waals surface area contributed by atoms with Crippen LogP contribution in [0.4, 0.5) is 0 Å². The summed E-state index contributed by atoms with van der Waals surface area (Å²) >= 11 is 0. The highest BCUT2D eigenvalue weighted by Gasteiger charge is 2.06. The molecular formula is C10H13O3S-. The van der Waals surface area contributed by atoms with E-state index in [0.717, 1.165) is 5.56 Å². The molecule has 0 aliphatic rings. The SMILES string of the molecule is CC(CCS(=O)(=O)[O-])c1ccccc1. The minimum absolute atomic E-state index is 0.111. The number of rotatable bonds is 4. The molecule has 0 aliphatic carbocycles. The zero-order valence-corrected chi connectivity index (χ0v) is 8.83. The lowest BCUT2D eigenvalue weighted by atomic mass is 9.99. The van der Waals surface area contributed by atoms with Crippen LogP contribution in [0.1, 0.15) is 24.8 Å². The molecule has 0 saturated carbocycles. The minimum atomic E-state index is -4.08. The Hall–Kier alpha value is -0.870. The molecule has 0 fully saturated rings. The summed E-state index contributed by atoms with van der Waals surface area (Å²) in [5, 5.41) is 0. The first-order chi connectivity index (χ1) is 6.49. The Morgan fingerprint density at radius 1 is 1.29 bits per heavy atom. The second-order valence-corrected chi connectivity index (χ2v) is 4.89. The molecule has 0 aliphatic heterocycles. The van der Waals surface area contributed by atoms with Gasteiger partial charge in [-0.05, 0) is 17.9 Å². The average molecular weight is 213 g/mol. The monoisotopic (exact) mass is 213 g/mol. The molecule has 4 heteroatoms. The fraction of sp³-hybridized carbons (Fsp3) is 0.400. The number of hydrogen-bond donors (Lipinski definition) is 0. The first-order valence-corrected chi connectivity index (χ1v) is 6.05. The van der Waals surface area contributed by atoms with Gasteiger partial charge in [0.05, 0.1) is 10.1 Å². The van der Waals surface area contributed by atoms with E-state index in [9.17, 15) is 13.0 Å². The Balaban J connectivity index is 2.56. The fourth-order valence-electron chi connectivity index (χ4n) is 1.27. The molecule has 1 unspecified atom stereocenters. The lowest BCUT2D eigenvalue weighted by molar-refractivity contribution is 0.459. The van der Waals surface area contributed by atoms with Crippen LogP contribution in [0, 0.1) is 0 Å². The quantitative estimate of drug-likeness (QED) is 0.715. The van der Waals surface area contributed by atoms with Crippen LogP contribution in [-0.4, -0.2) is 18.7 Å². The van der Waals surface area contributed by atoms with Crippen molar-refractivity contribution in [3.63, 3.8) is 0 Å². The van der Waals surface area contributed by atoms with Crippen molar-refractivity contribution in [1.29, 1.82) is 0 Å². The third-order valence-corrected chi connectivity index (χ3v) is 2.91. The third kappa shape index (κ3) is 3.89. The number of benzene rings is 1. The van der Waals surface area contributed by atoms with Gasteiger partial charge in [-0.1, -0.05) is 37.3 Å². The van der Waals surface area contributed by atoms with E-state index < -0.39 is 10.1 Å². The van der Waals surface area contributed by atoms with Crippen LogP contribution < -0.4 is 0 Å². The molecule has 78 valence electrons. The van der Waals surface area contributed by atoms with Crippen LogP contribution in [0.3, 0.4) is 0 Å². The van der Waals surface area contributed by atoms with E-state index in [1.807, 2.05) is 37.3 Å². The summed E-state index contributed by atoms with van der Waals surface area (Å²) in [4.78, 5) is 0. The molecule has 0 heterocycles. The Kier molecular flexibility index (Phi) is 3.66. The molecule has 0 radical (unpaired) electrons. The molecule has 1 rings (SSSR count). The van der Waals surface area contributed by atoms with Gasteiger partial charge in [-0.2, -0.15) is 0 Å². The fourth-order valence-corrected chi connectivity index (χ4v) is 1.91. The average Bonchev–Trinajstić information content (AvgIpc) is 2.14. The van der Waals surface area contributed by atoms with Gasteiger partial charge < -0.3 is 4.55 Å². The largest absolute Gasteiger partial charge is 0.748 e. The summed E-state index contributed by atoms with van der Waals surface area (Å²) in [6, 6.07) is 9.57. The maximum absolute atomic E-state index is 10.4. The smallest absolute Gasteiger partial charge is 0.0946 e. The molecule has 0 bridgehead atoms. The predicted molar refractivity (Wildman–Crippen MR) is 54.0 cm³/mol. The van der Waals surface area contributed by atoms with Crippen LogP contribution in [0.25, 0.3) is 0 Å². The Bertz CT molecular complexity index is 370. The van der Waals surface area contributed by atoms with Crippen molar-refractivity contribution in [3.05, 3.63) is 35.9 Å². The van der Waals surface area contributed by atoms with Crippen LogP contribution >= 0.6 is 0 Å². The van der Waals surface area contributed by atoms with Gasteiger partial charge in [0.15, 0.2) is 0 Å². The summed E-state index contributed by atoms with van der Waals surface area (Å²) in [5.41, 5.74) is 1.07. The maximum atomic E-state index is 10.4. The topological polar surface area (TPSA) is 57.2 Å². The maximum Gasteiger partial charge on any atom is 0.0946 e. The normalized spacial score (nSPS) is 13.9. The lowest BCUT2D eigenvalue weighted by Gasteiger charge is -2.13. The first-order valence-electron chi connectivity index (χ1n) is 4.47. The molecule has 1 aromatic carbocycles. The van der Waals surface area contributed by atoms with E-state index in [2.05, 4.69) is 0 Å². The molecule has 0 spiro atoms. The molecule has 0 N–H and O–H groups in total. The van der Waals surface area contributed by atoms with Crippen molar-refractivity contribution in [2.24, 2.45) is 0 Å². The lowest BCUT2D eigenvalue weighted by Crippen LogP contribution is -2.07. The number of hydrogen-bond acceptors (Lipinski definition) is 3. The van der Waals surface area contributed by atoms with E-state index in [1.54, 1.807) is 0 Å². The minimum Gasteiger partial charge on any atom is -0.748 e. The van der Waals surface area contributed by atoms with Crippen molar-refractivity contribution in [3.8, 4) is 0 Å². The molecule has 14 heavy (non-hydrogen) atoms. The van der Waals surface area contributed by atoms with Gasteiger partial charge in [-0.3, -0.25) is 0 Å². The predicted octanol–water partition coefficient (Wildman–Crippen LogP) is 1.73. The second kappa shape index (κ2) is 4.57. The van der Waals surface area contributed by atoms with Crippen LogP contribution in [0.15, 0.2) is 30.3 Å². The van der Waals surface area contributed by atoms with E-state index >= 15 is 0 Å². The van der Waals surface area contributed by atoms with Gasteiger partial charge in [-0.15, -0.1) is 0 Å². The van der Waals surface area contributed by atoms with Gasteiger partial charge in [0.2, 0.25) is 0 Å². The van der Waals surface area contributed by atoms with Crippen LogP contribution in [-0.2, 0) is 10.1 Å². The zero-order valence-electron chi connectivity index (χ0n) is 8.01. The van der Waals surface area contributed by atoms with Gasteiger partial charge in [0.25, 0.3) is 0 Å². The Morgan fingerprint density at radius 3 is 2.36 bits per heavy atom. The second-order valence-electron chi connectivity index (χ2n) is 3.36. The first kappa shape index (κ1) is 11.2. The summed E-state index contributed by atoms with van der Waals surface area (Å²) in [7, 11) is -4.08. The highest BCUT2D eigenvalue weighted by Crippen LogP contribution is 2.18.